The van der Waals surface area contributed by atoms with E-state index in [-0.39, 0.29) is 6.10 Å². The SMILES string of the molecule is CCC(C)Oc1cccc(NC2=NC(C)CS2)c1. The lowest BCUT2D eigenvalue weighted by Crippen LogP contribution is -2.10. The van der Waals surface area contributed by atoms with E-state index >= 15 is 0 Å². The quantitative estimate of drug-likeness (QED) is 0.898. The molecule has 0 fully saturated rings. The van der Waals surface area contributed by atoms with E-state index in [4.69, 9.17) is 4.74 Å². The number of nitrogens with one attached hydrogen (secondary N) is 1. The molecule has 2 unspecified atom stereocenters. The minimum atomic E-state index is 0.249. The van der Waals surface area contributed by atoms with Gasteiger partial charge in [-0.2, -0.15) is 0 Å². The first-order valence-corrected chi connectivity index (χ1v) is 7.40. The molecule has 1 N–H and O–H groups in total. The van der Waals surface area contributed by atoms with Crippen LogP contribution < -0.4 is 10.1 Å². The van der Waals surface area contributed by atoms with Crippen LogP contribution in [0.2, 0.25) is 0 Å². The molecule has 18 heavy (non-hydrogen) atoms. The number of hydrogen-bond donors (Lipinski definition) is 1. The van der Waals surface area contributed by atoms with Crippen molar-refractivity contribution in [2.45, 2.75) is 39.3 Å². The third-order valence-corrected chi connectivity index (χ3v) is 3.93. The van der Waals surface area contributed by atoms with Crippen molar-refractivity contribution < 1.29 is 4.74 Å². The monoisotopic (exact) mass is 264 g/mol. The molecule has 1 aromatic carbocycles. The van der Waals surface area contributed by atoms with E-state index in [1.807, 2.05) is 24.3 Å². The molecule has 1 heterocycles. The maximum absolute atomic E-state index is 5.80. The van der Waals surface area contributed by atoms with Crippen LogP contribution in [-0.2, 0) is 0 Å². The Morgan fingerprint density at radius 3 is 3.06 bits per heavy atom. The molecular weight excluding hydrogens is 244 g/mol. The van der Waals surface area contributed by atoms with Gasteiger partial charge in [0.1, 0.15) is 5.75 Å². The number of nitrogens with zero attached hydrogens (tertiary/aromatic N) is 1. The lowest BCUT2D eigenvalue weighted by atomic mass is 10.3. The van der Waals surface area contributed by atoms with Crippen LogP contribution in [0, 0.1) is 0 Å². The molecule has 1 aliphatic heterocycles. The highest BCUT2D eigenvalue weighted by atomic mass is 32.2. The topological polar surface area (TPSA) is 33.6 Å². The summed E-state index contributed by atoms with van der Waals surface area (Å²) < 4.78 is 5.80. The van der Waals surface area contributed by atoms with Crippen molar-refractivity contribution in [3.63, 3.8) is 0 Å². The van der Waals surface area contributed by atoms with Gasteiger partial charge in [-0.15, -0.1) is 0 Å². The number of amidine groups is 1. The van der Waals surface area contributed by atoms with E-state index in [1.165, 1.54) is 0 Å². The van der Waals surface area contributed by atoms with Crippen LogP contribution >= 0.6 is 11.8 Å². The van der Waals surface area contributed by atoms with Crippen molar-refractivity contribution in [1.82, 2.24) is 0 Å². The Bertz CT molecular complexity index is 434. The van der Waals surface area contributed by atoms with Crippen molar-refractivity contribution in [3.8, 4) is 5.75 Å². The van der Waals surface area contributed by atoms with Gasteiger partial charge >= 0.3 is 0 Å². The maximum Gasteiger partial charge on any atom is 0.161 e. The summed E-state index contributed by atoms with van der Waals surface area (Å²) in [6.45, 7) is 6.33. The number of benzene rings is 1. The zero-order valence-corrected chi connectivity index (χ0v) is 12.0. The Morgan fingerprint density at radius 1 is 1.56 bits per heavy atom. The van der Waals surface area contributed by atoms with Crippen molar-refractivity contribution in [3.05, 3.63) is 24.3 Å². The summed E-state index contributed by atoms with van der Waals surface area (Å²) in [5, 5.41) is 4.34. The highest BCUT2D eigenvalue weighted by Gasteiger charge is 2.13. The van der Waals surface area contributed by atoms with Gasteiger partial charge in [-0.25, -0.2) is 0 Å². The molecule has 0 saturated carbocycles. The van der Waals surface area contributed by atoms with E-state index < -0.39 is 0 Å². The summed E-state index contributed by atoms with van der Waals surface area (Å²) in [5.41, 5.74) is 1.04. The second-order valence-corrected chi connectivity index (χ2v) is 5.59. The Hall–Kier alpha value is -1.16. The van der Waals surface area contributed by atoms with Crippen LogP contribution in [0.3, 0.4) is 0 Å². The fourth-order valence-corrected chi connectivity index (χ4v) is 2.55. The average molecular weight is 264 g/mol. The summed E-state index contributed by atoms with van der Waals surface area (Å²) >= 11 is 1.77. The molecule has 1 aromatic rings. The molecule has 0 aliphatic carbocycles. The van der Waals surface area contributed by atoms with Crippen LogP contribution in [-0.4, -0.2) is 23.1 Å². The summed E-state index contributed by atoms with van der Waals surface area (Å²) in [6, 6.07) is 8.47. The predicted octanol–water partition coefficient (Wildman–Crippen LogP) is 3.77. The molecule has 0 bridgehead atoms. The summed E-state index contributed by atoms with van der Waals surface area (Å²) in [6.07, 6.45) is 1.26. The van der Waals surface area contributed by atoms with Crippen molar-refractivity contribution in [2.24, 2.45) is 4.99 Å². The van der Waals surface area contributed by atoms with Crippen LogP contribution in [0.1, 0.15) is 27.2 Å². The Balaban J connectivity index is 2.01. The highest BCUT2D eigenvalue weighted by molar-refractivity contribution is 8.14. The van der Waals surface area contributed by atoms with Crippen molar-refractivity contribution >= 4 is 22.6 Å². The van der Waals surface area contributed by atoms with Crippen LogP contribution in [0.5, 0.6) is 5.75 Å². The third-order valence-electron chi connectivity index (χ3n) is 2.80. The zero-order chi connectivity index (χ0) is 13.0. The molecule has 0 amide bonds. The van der Waals surface area contributed by atoms with Crippen molar-refractivity contribution in [1.29, 1.82) is 0 Å². The number of thioether (sulfide) groups is 1. The van der Waals surface area contributed by atoms with Gasteiger partial charge in [0.25, 0.3) is 0 Å². The lowest BCUT2D eigenvalue weighted by Gasteiger charge is -2.13. The number of rotatable bonds is 4. The van der Waals surface area contributed by atoms with Gasteiger partial charge in [-0.3, -0.25) is 4.99 Å². The van der Waals surface area contributed by atoms with E-state index in [9.17, 15) is 0 Å². The Morgan fingerprint density at radius 2 is 2.39 bits per heavy atom. The number of hydrogen-bond acceptors (Lipinski definition) is 4. The molecule has 0 spiro atoms. The Kier molecular flexibility index (Phi) is 4.53. The minimum Gasteiger partial charge on any atom is -0.491 e. The third kappa shape index (κ3) is 3.67. The van der Waals surface area contributed by atoms with Gasteiger partial charge in [0.2, 0.25) is 0 Å². The van der Waals surface area contributed by atoms with Gasteiger partial charge in [0.05, 0.1) is 12.1 Å². The van der Waals surface area contributed by atoms with Crippen LogP contribution in [0.25, 0.3) is 0 Å². The standard InChI is InChI=1S/C14H20N2OS/c1-4-11(3)17-13-7-5-6-12(8-13)16-14-15-10(2)9-18-14/h5-8,10-11H,4,9H2,1-3H3,(H,15,16). The molecule has 2 rings (SSSR count). The van der Waals surface area contributed by atoms with Crippen molar-refractivity contribution in [2.75, 3.05) is 11.1 Å². The van der Waals surface area contributed by atoms with E-state index in [0.717, 1.165) is 28.8 Å². The molecule has 0 saturated heterocycles. The molecule has 0 radical (unpaired) electrons. The van der Waals surface area contributed by atoms with Gasteiger partial charge in [0.15, 0.2) is 5.17 Å². The smallest absolute Gasteiger partial charge is 0.161 e. The van der Waals surface area contributed by atoms with E-state index in [2.05, 4.69) is 31.1 Å². The maximum atomic E-state index is 5.80. The van der Waals surface area contributed by atoms with E-state index in [1.54, 1.807) is 11.8 Å². The number of anilines is 1. The van der Waals surface area contributed by atoms with Gasteiger partial charge in [-0.05, 0) is 32.4 Å². The predicted molar refractivity (Wildman–Crippen MR) is 79.8 cm³/mol. The fourth-order valence-electron chi connectivity index (χ4n) is 1.63. The highest BCUT2D eigenvalue weighted by Crippen LogP contribution is 2.23. The first-order valence-electron chi connectivity index (χ1n) is 6.41. The first-order chi connectivity index (χ1) is 8.67. The summed E-state index contributed by atoms with van der Waals surface area (Å²) in [5.74, 6) is 1.97. The molecule has 4 heteroatoms. The average Bonchev–Trinajstić information content (AvgIpc) is 2.75. The first kappa shape index (κ1) is 13.3. The molecule has 98 valence electrons. The number of aliphatic imine (C=N–C) groups is 1. The molecular formula is C14H20N2OS. The second kappa shape index (κ2) is 6.14. The summed E-state index contributed by atoms with van der Waals surface area (Å²) in [4.78, 5) is 4.52. The van der Waals surface area contributed by atoms with Crippen LogP contribution in [0.15, 0.2) is 29.3 Å². The molecule has 0 aromatic heterocycles. The van der Waals surface area contributed by atoms with E-state index in [0.29, 0.717) is 6.04 Å². The second-order valence-electron chi connectivity index (χ2n) is 4.58. The van der Waals surface area contributed by atoms with Gasteiger partial charge in [0, 0.05) is 17.5 Å². The molecule has 2 atom stereocenters. The largest absolute Gasteiger partial charge is 0.491 e. The Labute approximate surface area is 113 Å². The van der Waals surface area contributed by atoms with Crippen LogP contribution in [0.4, 0.5) is 5.69 Å². The van der Waals surface area contributed by atoms with Gasteiger partial charge in [-0.1, -0.05) is 24.8 Å². The normalized spacial score (nSPS) is 20.4. The summed E-state index contributed by atoms with van der Waals surface area (Å²) in [7, 11) is 0. The minimum absolute atomic E-state index is 0.249. The number of ether oxygens (including phenoxy) is 1. The fraction of sp³-hybridized carbons (Fsp3) is 0.500. The zero-order valence-electron chi connectivity index (χ0n) is 11.1. The lowest BCUT2D eigenvalue weighted by molar-refractivity contribution is 0.217. The molecule has 3 nitrogen and oxygen atoms in total. The molecule has 1 aliphatic rings. The van der Waals surface area contributed by atoms with Gasteiger partial charge < -0.3 is 10.1 Å².